The van der Waals surface area contributed by atoms with Crippen molar-refractivity contribution >= 4 is 39.6 Å². The Morgan fingerprint density at radius 2 is 1.56 bits per heavy atom. The van der Waals surface area contributed by atoms with Crippen molar-refractivity contribution in [1.82, 2.24) is 10.2 Å². The zero-order valence-electron chi connectivity index (χ0n) is 16.5. The van der Waals surface area contributed by atoms with E-state index in [1.54, 1.807) is 11.8 Å². The van der Waals surface area contributed by atoms with Crippen molar-refractivity contribution in [3.63, 3.8) is 0 Å². The van der Waals surface area contributed by atoms with Gasteiger partial charge in [-0.2, -0.15) is 0 Å². The summed E-state index contributed by atoms with van der Waals surface area (Å²) in [7, 11) is 0. The number of carbonyl (C=O) groups excluding carboxylic acids is 1. The SMILES string of the molecule is C1CCC(NC2CCCCC2)CC1.CC1(C)S[C@@H]2[C@@H](Br)C(=O)N2[C@H]1C(=O)O. The van der Waals surface area contributed by atoms with Crippen molar-refractivity contribution in [2.45, 2.75) is 111 Å². The van der Waals surface area contributed by atoms with Gasteiger partial charge in [-0.3, -0.25) is 4.79 Å². The van der Waals surface area contributed by atoms with Gasteiger partial charge in [0.1, 0.15) is 16.2 Å². The highest BCUT2D eigenvalue weighted by molar-refractivity contribution is 9.10. The van der Waals surface area contributed by atoms with Gasteiger partial charge in [0.15, 0.2) is 0 Å². The maximum absolute atomic E-state index is 11.4. The third kappa shape index (κ3) is 4.84. The van der Waals surface area contributed by atoms with Crippen LogP contribution in [0.15, 0.2) is 0 Å². The molecule has 0 bridgehead atoms. The Kier molecular flexibility index (Phi) is 7.18. The normalized spacial score (nSPS) is 33.7. The van der Waals surface area contributed by atoms with E-state index in [9.17, 15) is 9.59 Å². The van der Waals surface area contributed by atoms with E-state index in [0.29, 0.717) is 0 Å². The van der Waals surface area contributed by atoms with E-state index >= 15 is 0 Å². The number of carboxylic acids is 1. The van der Waals surface area contributed by atoms with Gasteiger partial charge in [-0.15, -0.1) is 11.8 Å². The molecule has 0 spiro atoms. The number of halogens is 1. The lowest BCUT2D eigenvalue weighted by Gasteiger charge is -2.40. The van der Waals surface area contributed by atoms with Crippen LogP contribution in [0, 0.1) is 0 Å². The van der Waals surface area contributed by atoms with Gasteiger partial charge in [0.05, 0.1) is 0 Å². The van der Waals surface area contributed by atoms with Crippen molar-refractivity contribution in [1.29, 1.82) is 0 Å². The van der Waals surface area contributed by atoms with Crippen molar-refractivity contribution in [2.24, 2.45) is 0 Å². The molecule has 3 atom stereocenters. The minimum Gasteiger partial charge on any atom is -0.480 e. The van der Waals surface area contributed by atoms with Crippen LogP contribution in [0.2, 0.25) is 0 Å². The summed E-state index contributed by atoms with van der Waals surface area (Å²) in [4.78, 5) is 23.7. The molecule has 5 nitrogen and oxygen atoms in total. The van der Waals surface area contributed by atoms with Crippen LogP contribution in [-0.2, 0) is 9.59 Å². The van der Waals surface area contributed by atoms with Crippen molar-refractivity contribution in [3.05, 3.63) is 0 Å². The van der Waals surface area contributed by atoms with Gasteiger partial charge in [0.2, 0.25) is 5.91 Å². The largest absolute Gasteiger partial charge is 0.480 e. The maximum atomic E-state index is 11.4. The minimum absolute atomic E-state index is 0.0152. The van der Waals surface area contributed by atoms with Crippen LogP contribution in [0.5, 0.6) is 0 Å². The number of amides is 1. The number of alkyl halides is 1. The molecule has 2 saturated heterocycles. The molecule has 2 heterocycles. The molecule has 4 aliphatic rings. The number of thioether (sulfide) groups is 1. The van der Waals surface area contributed by atoms with Crippen molar-refractivity contribution in [3.8, 4) is 0 Å². The zero-order chi connectivity index (χ0) is 19.6. The molecule has 2 aliphatic heterocycles. The highest BCUT2D eigenvalue weighted by atomic mass is 79.9. The number of nitrogens with one attached hydrogen (secondary N) is 1. The number of nitrogens with zero attached hydrogens (tertiary/aromatic N) is 1. The van der Waals surface area contributed by atoms with Crippen LogP contribution >= 0.6 is 27.7 Å². The topological polar surface area (TPSA) is 69.6 Å². The number of carbonyl (C=O) groups is 2. The van der Waals surface area contributed by atoms with Gasteiger partial charge in [0.25, 0.3) is 0 Å². The van der Waals surface area contributed by atoms with Gasteiger partial charge in [0, 0.05) is 16.8 Å². The maximum Gasteiger partial charge on any atom is 0.327 e. The predicted octanol–water partition coefficient (Wildman–Crippen LogP) is 4.14. The summed E-state index contributed by atoms with van der Waals surface area (Å²) in [6.07, 6.45) is 14.6. The van der Waals surface area contributed by atoms with Crippen molar-refractivity contribution < 1.29 is 14.7 Å². The summed E-state index contributed by atoms with van der Waals surface area (Å²) >= 11 is 4.80. The van der Waals surface area contributed by atoms with E-state index in [1.165, 1.54) is 69.1 Å². The number of hydrogen-bond donors (Lipinski definition) is 2. The number of carboxylic acid groups (broad SMARTS) is 1. The molecule has 0 aromatic heterocycles. The molecule has 4 rings (SSSR count). The fourth-order valence-corrected chi connectivity index (χ4v) is 7.19. The fraction of sp³-hybridized carbons (Fsp3) is 0.900. The Labute approximate surface area is 175 Å². The molecule has 2 aliphatic carbocycles. The van der Waals surface area contributed by atoms with Crippen LogP contribution in [0.4, 0.5) is 0 Å². The molecule has 0 radical (unpaired) electrons. The number of β-lactam (4-membered cyclic amide) rings is 1. The zero-order valence-corrected chi connectivity index (χ0v) is 18.9. The molecule has 1 amide bonds. The van der Waals surface area contributed by atoms with E-state index in [2.05, 4.69) is 21.2 Å². The smallest absolute Gasteiger partial charge is 0.327 e. The molecule has 0 unspecified atom stereocenters. The van der Waals surface area contributed by atoms with Gasteiger partial charge >= 0.3 is 5.97 Å². The fourth-order valence-electron chi connectivity index (χ4n) is 4.84. The first-order valence-electron chi connectivity index (χ1n) is 10.4. The van der Waals surface area contributed by atoms with Crippen LogP contribution in [0.25, 0.3) is 0 Å². The second kappa shape index (κ2) is 9.04. The summed E-state index contributed by atoms with van der Waals surface area (Å²) in [5.41, 5.74) is 0. The summed E-state index contributed by atoms with van der Waals surface area (Å²) in [6, 6.07) is 1.05. The predicted molar refractivity (Wildman–Crippen MR) is 113 cm³/mol. The van der Waals surface area contributed by atoms with E-state index in [1.807, 2.05) is 13.8 Å². The standard InChI is InChI=1S/C12H23N.C8H10BrNO3S/c1-3-7-11(8-4-1)13-12-9-5-2-6-10-12;1-8(2)4(7(12)13)10-5(11)3(9)6(10)14-8/h11-13H,1-10H2;3-4,6H,1-2H3,(H,12,13)/t;3-,4-,6+/m.0/s1. The van der Waals surface area contributed by atoms with Crippen LogP contribution < -0.4 is 5.32 Å². The lowest BCUT2D eigenvalue weighted by Crippen LogP contribution is -2.63. The quantitative estimate of drug-likeness (QED) is 0.489. The van der Waals surface area contributed by atoms with Gasteiger partial charge in [-0.05, 0) is 39.5 Å². The number of rotatable bonds is 3. The Balaban J connectivity index is 0.000000156. The van der Waals surface area contributed by atoms with E-state index in [0.717, 1.165) is 12.1 Å². The Hall–Kier alpha value is -0.270. The summed E-state index contributed by atoms with van der Waals surface area (Å²) in [6.45, 7) is 3.73. The minimum atomic E-state index is -0.919. The highest BCUT2D eigenvalue weighted by Crippen LogP contribution is 2.52. The highest BCUT2D eigenvalue weighted by Gasteiger charge is 2.63. The number of fused-ring (bicyclic) bond motifs is 1. The van der Waals surface area contributed by atoms with Gasteiger partial charge in [-0.1, -0.05) is 54.5 Å². The lowest BCUT2D eigenvalue weighted by atomic mass is 9.91. The Morgan fingerprint density at radius 3 is 2.00 bits per heavy atom. The van der Waals surface area contributed by atoms with Gasteiger partial charge < -0.3 is 15.3 Å². The third-order valence-corrected chi connectivity index (χ3v) is 9.11. The van der Waals surface area contributed by atoms with Gasteiger partial charge in [-0.25, -0.2) is 4.79 Å². The second-order valence-electron chi connectivity index (χ2n) is 8.84. The lowest BCUT2D eigenvalue weighted by molar-refractivity contribution is -0.156. The molecule has 27 heavy (non-hydrogen) atoms. The van der Waals surface area contributed by atoms with Crippen LogP contribution in [0.3, 0.4) is 0 Å². The Bertz CT molecular complexity index is 531. The molecule has 7 heteroatoms. The first-order valence-corrected chi connectivity index (χ1v) is 12.2. The monoisotopic (exact) mass is 460 g/mol. The Morgan fingerprint density at radius 1 is 1.07 bits per heavy atom. The van der Waals surface area contributed by atoms with Crippen LogP contribution in [0.1, 0.15) is 78.1 Å². The first-order chi connectivity index (χ1) is 12.8. The van der Waals surface area contributed by atoms with E-state index in [4.69, 9.17) is 5.11 Å². The average molecular weight is 461 g/mol. The van der Waals surface area contributed by atoms with Crippen molar-refractivity contribution in [2.75, 3.05) is 0 Å². The van der Waals surface area contributed by atoms with Crippen LogP contribution in [-0.4, -0.2) is 55.0 Å². The molecular weight excluding hydrogens is 428 g/mol. The number of hydrogen-bond acceptors (Lipinski definition) is 4. The van der Waals surface area contributed by atoms with E-state index < -0.39 is 16.8 Å². The molecule has 0 aromatic rings. The second-order valence-corrected chi connectivity index (χ2v) is 11.6. The summed E-state index contributed by atoms with van der Waals surface area (Å²) < 4.78 is -0.408. The summed E-state index contributed by atoms with van der Waals surface area (Å²) in [5, 5.41) is 12.9. The molecule has 4 fully saturated rings. The van der Waals surface area contributed by atoms with E-state index in [-0.39, 0.29) is 16.1 Å². The third-order valence-electron chi connectivity index (χ3n) is 6.29. The molecule has 2 N–H and O–H groups in total. The average Bonchev–Trinajstić information content (AvgIpc) is 2.92. The molecule has 2 saturated carbocycles. The molecular formula is C20H33BrN2O3S. The first kappa shape index (κ1) is 21.4. The molecule has 0 aromatic carbocycles. The summed E-state index contributed by atoms with van der Waals surface area (Å²) in [5.74, 6) is -1.03. The number of aliphatic carboxylic acids is 1. The molecule has 154 valence electrons.